The van der Waals surface area contributed by atoms with Crippen molar-refractivity contribution in [2.45, 2.75) is 39.8 Å². The lowest BCUT2D eigenvalue weighted by molar-refractivity contribution is -0.132. The van der Waals surface area contributed by atoms with Gasteiger partial charge < -0.3 is 15.7 Å². The van der Waals surface area contributed by atoms with Crippen molar-refractivity contribution in [3.05, 3.63) is 29.8 Å². The summed E-state index contributed by atoms with van der Waals surface area (Å²) in [6.45, 7) is 5.32. The lowest BCUT2D eigenvalue weighted by Gasteiger charge is -2.22. The van der Waals surface area contributed by atoms with Crippen LogP contribution in [-0.2, 0) is 21.0 Å². The van der Waals surface area contributed by atoms with Gasteiger partial charge in [0.2, 0.25) is 11.8 Å². The van der Waals surface area contributed by atoms with Crippen LogP contribution < -0.4 is 10.6 Å². The number of alkyl halides is 1. The number of aliphatic hydroxyl groups excluding tert-OH is 1. The van der Waals surface area contributed by atoms with Crippen molar-refractivity contribution in [1.29, 1.82) is 0 Å². The molecule has 0 unspecified atom stereocenters. The Morgan fingerprint density at radius 1 is 1.08 bits per heavy atom. The van der Waals surface area contributed by atoms with Gasteiger partial charge in [-0.05, 0) is 30.5 Å². The Labute approximate surface area is 161 Å². The van der Waals surface area contributed by atoms with E-state index < -0.39 is 12.0 Å². The number of carbonyl (C=O) groups is 3. The molecule has 1 aromatic carbocycles. The first-order chi connectivity index (χ1) is 11.8. The molecule has 3 N–H and O–H groups in total. The zero-order valence-electron chi connectivity index (χ0n) is 14.7. The van der Waals surface area contributed by atoms with Gasteiger partial charge in [0.05, 0.1) is 11.0 Å². The number of ketones is 1. The molecule has 0 aliphatic rings. The number of hydrogen-bond acceptors (Lipinski definition) is 4. The van der Waals surface area contributed by atoms with Crippen LogP contribution in [0.5, 0.6) is 0 Å². The highest BCUT2D eigenvalue weighted by atomic mass is 127. The molecule has 138 valence electrons. The van der Waals surface area contributed by atoms with Gasteiger partial charge in [0, 0.05) is 18.0 Å². The predicted octanol–water partition coefficient (Wildman–Crippen LogP) is 2.29. The lowest BCUT2D eigenvalue weighted by atomic mass is 9.90. The first-order valence-corrected chi connectivity index (χ1v) is 9.69. The van der Waals surface area contributed by atoms with Crippen molar-refractivity contribution in [2.24, 2.45) is 11.8 Å². The number of benzene rings is 1. The van der Waals surface area contributed by atoms with E-state index in [-0.39, 0.29) is 36.5 Å². The largest absolute Gasteiger partial charge is 0.392 e. The highest BCUT2D eigenvalue weighted by molar-refractivity contribution is 14.1. The number of halogens is 1. The number of carbonyl (C=O) groups excluding carboxylic acids is 3. The van der Waals surface area contributed by atoms with Crippen LogP contribution in [-0.4, -0.2) is 33.2 Å². The monoisotopic (exact) mass is 460 g/mol. The molecule has 0 spiro atoms. The van der Waals surface area contributed by atoms with Crippen molar-refractivity contribution in [1.82, 2.24) is 5.32 Å². The Hall–Kier alpha value is -1.48. The molecule has 0 aliphatic heterocycles. The fourth-order valence-electron chi connectivity index (χ4n) is 2.26. The fourth-order valence-corrected chi connectivity index (χ4v) is 2.57. The topological polar surface area (TPSA) is 95.5 Å². The Morgan fingerprint density at radius 2 is 1.68 bits per heavy atom. The van der Waals surface area contributed by atoms with Crippen LogP contribution in [0.2, 0.25) is 0 Å². The maximum absolute atomic E-state index is 12.4. The van der Waals surface area contributed by atoms with Crippen LogP contribution in [0.3, 0.4) is 0 Å². The maximum Gasteiger partial charge on any atom is 0.246 e. The lowest BCUT2D eigenvalue weighted by Crippen LogP contribution is -2.45. The van der Waals surface area contributed by atoms with Crippen LogP contribution in [0.15, 0.2) is 24.3 Å². The molecule has 1 rings (SSSR count). The van der Waals surface area contributed by atoms with Crippen LogP contribution in [0.4, 0.5) is 5.69 Å². The molecule has 0 fully saturated rings. The summed E-state index contributed by atoms with van der Waals surface area (Å²) in [6, 6.07) is 6.08. The summed E-state index contributed by atoms with van der Waals surface area (Å²) < 4.78 is 0.369. The van der Waals surface area contributed by atoms with E-state index in [1.54, 1.807) is 31.2 Å². The van der Waals surface area contributed by atoms with Gasteiger partial charge >= 0.3 is 0 Å². The molecule has 0 saturated heterocycles. The third-order valence-corrected chi connectivity index (χ3v) is 4.75. The van der Waals surface area contributed by atoms with Crippen molar-refractivity contribution < 1.29 is 19.5 Å². The van der Waals surface area contributed by atoms with Gasteiger partial charge in [-0.25, -0.2) is 0 Å². The highest BCUT2D eigenvalue weighted by Crippen LogP contribution is 2.17. The summed E-state index contributed by atoms with van der Waals surface area (Å²) in [5.74, 6) is -1.04. The summed E-state index contributed by atoms with van der Waals surface area (Å²) in [6.07, 6.45) is 0.184. The maximum atomic E-state index is 12.4. The Balaban J connectivity index is 2.64. The average molecular weight is 460 g/mol. The van der Waals surface area contributed by atoms with E-state index in [0.717, 1.165) is 5.56 Å². The molecule has 2 atom stereocenters. The minimum Gasteiger partial charge on any atom is -0.392 e. The number of aliphatic hydroxyl groups is 1. The van der Waals surface area contributed by atoms with E-state index in [1.165, 1.54) is 0 Å². The third-order valence-electron chi connectivity index (χ3n) is 3.89. The van der Waals surface area contributed by atoms with Crippen LogP contribution in [0.25, 0.3) is 0 Å². The molecule has 1 aromatic rings. The van der Waals surface area contributed by atoms with Gasteiger partial charge in [0.15, 0.2) is 0 Å². The van der Waals surface area contributed by atoms with E-state index in [4.69, 9.17) is 5.11 Å². The van der Waals surface area contributed by atoms with E-state index >= 15 is 0 Å². The van der Waals surface area contributed by atoms with Gasteiger partial charge in [-0.2, -0.15) is 0 Å². The quantitative estimate of drug-likeness (QED) is 0.389. The molecule has 0 bridgehead atoms. The standard InChI is InChI=1S/C18H25IN2O4/c1-11(2)16(8-15(23)9-19)18(25)20-12(3)17(24)21-14-6-4-13(10-22)5-7-14/h4-7,11-12,16,22H,8-10H2,1-3H3,(H,20,25)(H,21,24)/t12-,16-/m0/s1. The summed E-state index contributed by atoms with van der Waals surface area (Å²) in [7, 11) is 0. The summed E-state index contributed by atoms with van der Waals surface area (Å²) in [5, 5.41) is 14.4. The molecule has 0 aromatic heterocycles. The second kappa shape index (κ2) is 10.5. The normalized spacial score (nSPS) is 13.2. The minimum atomic E-state index is -0.721. The Kier molecular flexibility index (Phi) is 9.05. The predicted molar refractivity (Wildman–Crippen MR) is 105 cm³/mol. The van der Waals surface area contributed by atoms with Gasteiger partial charge in [0.1, 0.15) is 11.8 Å². The summed E-state index contributed by atoms with van der Waals surface area (Å²) in [5.41, 5.74) is 1.34. The smallest absolute Gasteiger partial charge is 0.246 e. The molecule has 7 heteroatoms. The van der Waals surface area contributed by atoms with Crippen molar-refractivity contribution in [3.63, 3.8) is 0 Å². The molecule has 6 nitrogen and oxygen atoms in total. The molecule has 0 heterocycles. The third kappa shape index (κ3) is 7.11. The number of Topliss-reactive ketones (excluding diaryl/α,β-unsaturated/α-hetero) is 1. The molecular weight excluding hydrogens is 435 g/mol. The van der Waals surface area contributed by atoms with Crippen LogP contribution in [0, 0.1) is 11.8 Å². The van der Waals surface area contributed by atoms with Gasteiger partial charge in [0.25, 0.3) is 0 Å². The molecule has 0 saturated carbocycles. The Morgan fingerprint density at radius 3 is 2.16 bits per heavy atom. The highest BCUT2D eigenvalue weighted by Gasteiger charge is 2.27. The second-order valence-electron chi connectivity index (χ2n) is 6.30. The molecule has 0 aliphatic carbocycles. The molecule has 0 radical (unpaired) electrons. The molecule has 25 heavy (non-hydrogen) atoms. The van der Waals surface area contributed by atoms with Crippen LogP contribution in [0.1, 0.15) is 32.8 Å². The number of rotatable bonds is 9. The Bertz CT molecular complexity index is 602. The van der Waals surface area contributed by atoms with Crippen molar-refractivity contribution in [2.75, 3.05) is 9.74 Å². The zero-order valence-corrected chi connectivity index (χ0v) is 16.9. The van der Waals surface area contributed by atoms with Gasteiger partial charge in [-0.3, -0.25) is 14.4 Å². The second-order valence-corrected chi connectivity index (χ2v) is 7.06. The van der Waals surface area contributed by atoms with Gasteiger partial charge in [-0.1, -0.05) is 48.6 Å². The van der Waals surface area contributed by atoms with E-state index in [1.807, 2.05) is 36.4 Å². The molecule has 2 amide bonds. The SMILES string of the molecule is CC(C)[C@H](CC(=O)CI)C(=O)N[C@@H](C)C(=O)Nc1ccc(CO)cc1. The summed E-state index contributed by atoms with van der Waals surface area (Å²) in [4.78, 5) is 36.3. The number of anilines is 1. The minimum absolute atomic E-state index is 0.00758. The summed E-state index contributed by atoms with van der Waals surface area (Å²) >= 11 is 1.99. The van der Waals surface area contributed by atoms with Crippen molar-refractivity contribution >= 4 is 45.9 Å². The zero-order chi connectivity index (χ0) is 19.0. The number of hydrogen-bond donors (Lipinski definition) is 3. The first kappa shape index (κ1) is 21.6. The van der Waals surface area contributed by atoms with E-state index in [2.05, 4.69) is 10.6 Å². The van der Waals surface area contributed by atoms with Crippen LogP contribution >= 0.6 is 22.6 Å². The average Bonchev–Trinajstić information content (AvgIpc) is 2.59. The molecular formula is C18H25IN2O4. The van der Waals surface area contributed by atoms with E-state index in [9.17, 15) is 14.4 Å². The first-order valence-electron chi connectivity index (χ1n) is 8.17. The van der Waals surface area contributed by atoms with Crippen molar-refractivity contribution in [3.8, 4) is 0 Å². The number of nitrogens with one attached hydrogen (secondary N) is 2. The van der Waals surface area contributed by atoms with Gasteiger partial charge in [-0.15, -0.1) is 0 Å². The fraction of sp³-hybridized carbons (Fsp3) is 0.500. The van der Waals surface area contributed by atoms with E-state index in [0.29, 0.717) is 10.1 Å². The number of amides is 2.